The monoisotopic (exact) mass is 342 g/mol. The lowest BCUT2D eigenvalue weighted by atomic mass is 9.91. The summed E-state index contributed by atoms with van der Waals surface area (Å²) in [6.45, 7) is 9.92. The topological polar surface area (TPSA) is 15.3 Å². The number of nitrogens with one attached hydrogen (secondary N) is 1. The maximum atomic E-state index is 13.5. The van der Waals surface area contributed by atoms with Crippen molar-refractivity contribution in [3.8, 4) is 0 Å². The van der Waals surface area contributed by atoms with Gasteiger partial charge >= 0.3 is 0 Å². The molecule has 2 atom stereocenters. The fourth-order valence-corrected chi connectivity index (χ4v) is 3.29. The normalized spacial score (nSPS) is 21.8. The Morgan fingerprint density at radius 1 is 1.50 bits per heavy atom. The first-order valence-electron chi connectivity index (χ1n) is 7.45. The van der Waals surface area contributed by atoms with Gasteiger partial charge in [0.15, 0.2) is 0 Å². The Hall–Kier alpha value is -0.610. The highest BCUT2D eigenvalue weighted by molar-refractivity contribution is 9.10. The van der Waals surface area contributed by atoms with Crippen molar-refractivity contribution in [3.05, 3.63) is 28.0 Å². The molecule has 4 heteroatoms. The highest BCUT2D eigenvalue weighted by Crippen LogP contribution is 2.27. The Kier molecular flexibility index (Phi) is 5.44. The molecule has 1 aliphatic rings. The van der Waals surface area contributed by atoms with Crippen molar-refractivity contribution in [3.63, 3.8) is 0 Å². The number of anilines is 1. The largest absolute Gasteiger partial charge is 0.382 e. The van der Waals surface area contributed by atoms with E-state index < -0.39 is 0 Å². The molecular formula is C16H24BrFN2. The van der Waals surface area contributed by atoms with Gasteiger partial charge < -0.3 is 10.2 Å². The van der Waals surface area contributed by atoms with Gasteiger partial charge in [0, 0.05) is 18.3 Å². The average molecular weight is 343 g/mol. The second-order valence-electron chi connectivity index (χ2n) is 5.81. The summed E-state index contributed by atoms with van der Waals surface area (Å²) in [5, 5.41) is 3.57. The van der Waals surface area contributed by atoms with E-state index in [0.717, 1.165) is 24.3 Å². The first-order valence-corrected chi connectivity index (χ1v) is 8.25. The number of nitrogens with zero attached hydrogens (tertiary/aromatic N) is 1. The van der Waals surface area contributed by atoms with E-state index in [1.807, 2.05) is 13.0 Å². The minimum Gasteiger partial charge on any atom is -0.382 e. The molecule has 0 amide bonds. The van der Waals surface area contributed by atoms with Crippen LogP contribution in [0.2, 0.25) is 0 Å². The molecule has 112 valence electrons. The van der Waals surface area contributed by atoms with E-state index in [-0.39, 0.29) is 5.82 Å². The third kappa shape index (κ3) is 3.73. The van der Waals surface area contributed by atoms with Gasteiger partial charge in [0.2, 0.25) is 0 Å². The number of benzene rings is 1. The highest BCUT2D eigenvalue weighted by atomic mass is 79.9. The average Bonchev–Trinajstić information content (AvgIpc) is 2.44. The Morgan fingerprint density at radius 2 is 2.25 bits per heavy atom. The molecule has 1 heterocycles. The number of rotatable bonds is 4. The van der Waals surface area contributed by atoms with Crippen molar-refractivity contribution >= 4 is 21.6 Å². The lowest BCUT2D eigenvalue weighted by Crippen LogP contribution is -2.41. The number of aryl methyl sites for hydroxylation is 1. The number of hydrogen-bond donors (Lipinski definition) is 1. The first kappa shape index (κ1) is 15.8. The van der Waals surface area contributed by atoms with Crippen molar-refractivity contribution in [1.82, 2.24) is 4.90 Å². The van der Waals surface area contributed by atoms with Gasteiger partial charge in [-0.25, -0.2) is 4.39 Å². The van der Waals surface area contributed by atoms with Crippen LogP contribution in [0.3, 0.4) is 0 Å². The molecule has 0 aliphatic carbocycles. The SMILES string of the molecule is CCN1CCCC(C(C)Nc2cc(Br)c(F)cc2C)C1. The summed E-state index contributed by atoms with van der Waals surface area (Å²) in [5.74, 6) is 0.461. The summed E-state index contributed by atoms with van der Waals surface area (Å²) in [5.41, 5.74) is 1.99. The first-order chi connectivity index (χ1) is 9.51. The third-order valence-electron chi connectivity index (χ3n) is 4.35. The molecule has 0 aromatic heterocycles. The van der Waals surface area contributed by atoms with Gasteiger partial charge in [0.25, 0.3) is 0 Å². The zero-order chi connectivity index (χ0) is 14.7. The minimum atomic E-state index is -0.199. The van der Waals surface area contributed by atoms with Crippen molar-refractivity contribution in [1.29, 1.82) is 0 Å². The lowest BCUT2D eigenvalue weighted by Gasteiger charge is -2.36. The van der Waals surface area contributed by atoms with Gasteiger partial charge in [-0.2, -0.15) is 0 Å². The van der Waals surface area contributed by atoms with E-state index in [1.54, 1.807) is 6.07 Å². The fourth-order valence-electron chi connectivity index (χ4n) is 2.95. The van der Waals surface area contributed by atoms with Crippen LogP contribution in [0.1, 0.15) is 32.3 Å². The Balaban J connectivity index is 2.04. The van der Waals surface area contributed by atoms with Crippen LogP contribution in [0.5, 0.6) is 0 Å². The number of hydrogen-bond acceptors (Lipinski definition) is 2. The van der Waals surface area contributed by atoms with Gasteiger partial charge in [-0.1, -0.05) is 6.92 Å². The highest BCUT2D eigenvalue weighted by Gasteiger charge is 2.24. The molecule has 0 radical (unpaired) electrons. The molecule has 1 saturated heterocycles. The van der Waals surface area contributed by atoms with Crippen molar-refractivity contribution < 1.29 is 4.39 Å². The van der Waals surface area contributed by atoms with Crippen LogP contribution in [0.25, 0.3) is 0 Å². The van der Waals surface area contributed by atoms with Crippen LogP contribution < -0.4 is 5.32 Å². The van der Waals surface area contributed by atoms with E-state index in [9.17, 15) is 4.39 Å². The number of piperidine rings is 1. The summed E-state index contributed by atoms with van der Waals surface area (Å²) in [6, 6.07) is 3.83. The summed E-state index contributed by atoms with van der Waals surface area (Å²) in [6.07, 6.45) is 2.54. The molecule has 1 aromatic rings. The summed E-state index contributed by atoms with van der Waals surface area (Å²) in [7, 11) is 0. The lowest BCUT2D eigenvalue weighted by molar-refractivity contribution is 0.172. The van der Waals surface area contributed by atoms with Crippen LogP contribution in [-0.4, -0.2) is 30.6 Å². The molecule has 1 aromatic carbocycles. The molecule has 2 nitrogen and oxygen atoms in total. The summed E-state index contributed by atoms with van der Waals surface area (Å²) < 4.78 is 14.0. The van der Waals surface area contributed by atoms with Gasteiger partial charge in [-0.05, 0) is 79.3 Å². The van der Waals surface area contributed by atoms with Crippen LogP contribution in [0.4, 0.5) is 10.1 Å². The van der Waals surface area contributed by atoms with Crippen LogP contribution in [0.15, 0.2) is 16.6 Å². The second-order valence-corrected chi connectivity index (χ2v) is 6.66. The van der Waals surface area contributed by atoms with Crippen LogP contribution in [0, 0.1) is 18.7 Å². The smallest absolute Gasteiger partial charge is 0.137 e. The molecule has 1 fully saturated rings. The Bertz CT molecular complexity index is 464. The zero-order valence-corrected chi connectivity index (χ0v) is 14.1. The Labute approximate surface area is 129 Å². The van der Waals surface area contributed by atoms with E-state index in [0.29, 0.717) is 16.4 Å². The van der Waals surface area contributed by atoms with Crippen LogP contribution >= 0.6 is 15.9 Å². The van der Waals surface area contributed by atoms with E-state index in [2.05, 4.69) is 40.0 Å². The summed E-state index contributed by atoms with van der Waals surface area (Å²) >= 11 is 3.26. The van der Waals surface area contributed by atoms with Crippen molar-refractivity contribution in [2.24, 2.45) is 5.92 Å². The van der Waals surface area contributed by atoms with Gasteiger partial charge in [0.1, 0.15) is 5.82 Å². The zero-order valence-electron chi connectivity index (χ0n) is 12.5. The van der Waals surface area contributed by atoms with Crippen molar-refractivity contribution in [2.75, 3.05) is 25.0 Å². The van der Waals surface area contributed by atoms with Gasteiger partial charge in [0.05, 0.1) is 4.47 Å². The van der Waals surface area contributed by atoms with Gasteiger partial charge in [-0.15, -0.1) is 0 Å². The molecule has 1 N–H and O–H groups in total. The molecule has 0 spiro atoms. The standard InChI is InChI=1S/C16H24BrFN2/c1-4-20-7-5-6-13(10-20)12(3)19-16-9-14(17)15(18)8-11(16)2/h8-9,12-13,19H,4-7,10H2,1-3H3. The van der Waals surface area contributed by atoms with E-state index in [1.165, 1.54) is 19.4 Å². The minimum absolute atomic E-state index is 0.199. The predicted molar refractivity (Wildman–Crippen MR) is 86.8 cm³/mol. The predicted octanol–water partition coefficient (Wildman–Crippen LogP) is 4.43. The molecule has 0 bridgehead atoms. The number of likely N-dealkylation sites (tertiary alicyclic amines) is 1. The Morgan fingerprint density at radius 3 is 2.95 bits per heavy atom. The molecule has 0 saturated carbocycles. The maximum Gasteiger partial charge on any atom is 0.137 e. The summed E-state index contributed by atoms with van der Waals surface area (Å²) in [4.78, 5) is 2.51. The molecule has 2 unspecified atom stereocenters. The quantitative estimate of drug-likeness (QED) is 0.870. The van der Waals surface area contributed by atoms with E-state index >= 15 is 0 Å². The second kappa shape index (κ2) is 6.90. The van der Waals surface area contributed by atoms with Crippen LogP contribution in [-0.2, 0) is 0 Å². The molecule has 1 aliphatic heterocycles. The third-order valence-corrected chi connectivity index (χ3v) is 4.95. The number of halogens is 2. The fraction of sp³-hybridized carbons (Fsp3) is 0.625. The van der Waals surface area contributed by atoms with Crippen molar-refractivity contribution in [2.45, 2.75) is 39.7 Å². The van der Waals surface area contributed by atoms with E-state index in [4.69, 9.17) is 0 Å². The van der Waals surface area contributed by atoms with Gasteiger partial charge in [-0.3, -0.25) is 0 Å². The molecule has 2 rings (SSSR count). The maximum absolute atomic E-state index is 13.5. The molecular weight excluding hydrogens is 319 g/mol. The molecule has 20 heavy (non-hydrogen) atoms.